The molecule has 1 aliphatic rings. The summed E-state index contributed by atoms with van der Waals surface area (Å²) in [6, 6.07) is 7.70. The van der Waals surface area contributed by atoms with Gasteiger partial charge in [-0.3, -0.25) is 9.79 Å². The second-order valence-electron chi connectivity index (χ2n) is 3.59. The Kier molecular flexibility index (Phi) is 3.29. The quantitative estimate of drug-likeness (QED) is 0.737. The first kappa shape index (κ1) is 11.2. The third kappa shape index (κ3) is 1.97. The van der Waals surface area contributed by atoms with Gasteiger partial charge in [0.1, 0.15) is 0 Å². The van der Waals surface area contributed by atoms with Crippen LogP contribution in [0.1, 0.15) is 17.3 Å². The standard InChI is InChI=1S/C12H14N2OS/c1-9(15)10-5-3-4-6-11(10)14-8-7-13-12(14)16-2/h3-6H,7-8H2,1-2H3. The van der Waals surface area contributed by atoms with Gasteiger partial charge in [-0.05, 0) is 25.3 Å². The number of hydrogen-bond donors (Lipinski definition) is 0. The second kappa shape index (κ2) is 4.70. The summed E-state index contributed by atoms with van der Waals surface area (Å²) in [5.41, 5.74) is 1.74. The molecule has 16 heavy (non-hydrogen) atoms. The molecule has 0 unspecified atom stereocenters. The van der Waals surface area contributed by atoms with Crippen LogP contribution < -0.4 is 4.90 Å². The van der Waals surface area contributed by atoms with Crippen molar-refractivity contribution < 1.29 is 4.79 Å². The predicted octanol–water partition coefficient (Wildman–Crippen LogP) is 2.43. The Labute approximate surface area is 99.6 Å². The van der Waals surface area contributed by atoms with Crippen LogP contribution in [0.5, 0.6) is 0 Å². The summed E-state index contributed by atoms with van der Waals surface area (Å²) < 4.78 is 0. The van der Waals surface area contributed by atoms with Gasteiger partial charge in [0, 0.05) is 12.1 Å². The number of anilines is 1. The molecule has 3 nitrogen and oxygen atoms in total. The van der Waals surface area contributed by atoms with E-state index < -0.39 is 0 Å². The molecular formula is C12H14N2OS. The average Bonchev–Trinajstić information content (AvgIpc) is 2.76. The highest BCUT2D eigenvalue weighted by Crippen LogP contribution is 2.25. The van der Waals surface area contributed by atoms with Gasteiger partial charge in [0.05, 0.1) is 12.2 Å². The molecule has 4 heteroatoms. The molecule has 0 saturated carbocycles. The van der Waals surface area contributed by atoms with Crippen LogP contribution >= 0.6 is 11.8 Å². The molecule has 84 valence electrons. The third-order valence-corrected chi connectivity index (χ3v) is 3.27. The van der Waals surface area contributed by atoms with Crippen molar-refractivity contribution in [2.75, 3.05) is 24.2 Å². The zero-order valence-corrected chi connectivity index (χ0v) is 10.3. The summed E-state index contributed by atoms with van der Waals surface area (Å²) in [7, 11) is 0. The summed E-state index contributed by atoms with van der Waals surface area (Å²) in [6.07, 6.45) is 2.01. The molecule has 0 amide bonds. The first-order valence-corrected chi connectivity index (χ1v) is 6.42. The van der Waals surface area contributed by atoms with E-state index >= 15 is 0 Å². The highest BCUT2D eigenvalue weighted by molar-refractivity contribution is 8.13. The number of hydrogen-bond acceptors (Lipinski definition) is 4. The number of para-hydroxylation sites is 1. The van der Waals surface area contributed by atoms with E-state index in [0.717, 1.165) is 29.5 Å². The minimum Gasteiger partial charge on any atom is -0.319 e. The van der Waals surface area contributed by atoms with Gasteiger partial charge in [-0.15, -0.1) is 0 Å². The van der Waals surface area contributed by atoms with Gasteiger partial charge in [0.15, 0.2) is 11.0 Å². The van der Waals surface area contributed by atoms with Crippen molar-refractivity contribution >= 4 is 28.4 Å². The summed E-state index contributed by atoms with van der Waals surface area (Å²) in [5, 5.41) is 0.994. The third-order valence-electron chi connectivity index (χ3n) is 2.56. The predicted molar refractivity (Wildman–Crippen MR) is 69.6 cm³/mol. The van der Waals surface area contributed by atoms with Crippen LogP contribution in [0.15, 0.2) is 29.3 Å². The van der Waals surface area contributed by atoms with Crippen molar-refractivity contribution in [2.45, 2.75) is 6.92 Å². The molecule has 1 aliphatic heterocycles. The van der Waals surface area contributed by atoms with E-state index in [1.807, 2.05) is 30.5 Å². The second-order valence-corrected chi connectivity index (χ2v) is 4.37. The number of thioether (sulfide) groups is 1. The van der Waals surface area contributed by atoms with E-state index in [9.17, 15) is 4.79 Å². The van der Waals surface area contributed by atoms with E-state index in [1.54, 1.807) is 18.7 Å². The Morgan fingerprint density at radius 1 is 1.44 bits per heavy atom. The summed E-state index contributed by atoms with van der Waals surface area (Å²) in [4.78, 5) is 18.1. The number of rotatable bonds is 2. The summed E-state index contributed by atoms with van der Waals surface area (Å²) in [5.74, 6) is 0.1000. The molecule has 1 heterocycles. The summed E-state index contributed by atoms with van der Waals surface area (Å²) >= 11 is 1.62. The first-order chi connectivity index (χ1) is 7.74. The Morgan fingerprint density at radius 3 is 2.88 bits per heavy atom. The topological polar surface area (TPSA) is 32.7 Å². The highest BCUT2D eigenvalue weighted by Gasteiger charge is 2.21. The van der Waals surface area contributed by atoms with Crippen molar-refractivity contribution in [1.29, 1.82) is 0 Å². The SMILES string of the molecule is CSC1=NCCN1c1ccccc1C(C)=O. The molecule has 0 saturated heterocycles. The van der Waals surface area contributed by atoms with E-state index in [0.29, 0.717) is 0 Å². The van der Waals surface area contributed by atoms with Crippen LogP contribution in [0.4, 0.5) is 5.69 Å². The van der Waals surface area contributed by atoms with E-state index in [4.69, 9.17) is 0 Å². The molecule has 1 aromatic rings. The molecular weight excluding hydrogens is 220 g/mol. The number of ketones is 1. The number of nitrogens with zero attached hydrogens (tertiary/aromatic N) is 2. The number of benzene rings is 1. The Bertz CT molecular complexity index is 442. The summed E-state index contributed by atoms with van der Waals surface area (Å²) in [6.45, 7) is 3.27. The molecule has 2 rings (SSSR count). The van der Waals surface area contributed by atoms with Crippen molar-refractivity contribution in [2.24, 2.45) is 4.99 Å². The van der Waals surface area contributed by atoms with Crippen LogP contribution in [-0.4, -0.2) is 30.3 Å². The first-order valence-electron chi connectivity index (χ1n) is 5.20. The van der Waals surface area contributed by atoms with Crippen LogP contribution in [-0.2, 0) is 0 Å². The molecule has 0 atom stereocenters. The maximum Gasteiger partial charge on any atom is 0.163 e. The zero-order valence-electron chi connectivity index (χ0n) is 9.43. The van der Waals surface area contributed by atoms with Gasteiger partial charge in [-0.2, -0.15) is 0 Å². The number of carbonyl (C=O) groups is 1. The van der Waals surface area contributed by atoms with Gasteiger partial charge in [0.25, 0.3) is 0 Å². The van der Waals surface area contributed by atoms with Crippen molar-refractivity contribution in [3.63, 3.8) is 0 Å². The van der Waals surface area contributed by atoms with Gasteiger partial charge in [-0.25, -0.2) is 0 Å². The van der Waals surface area contributed by atoms with Gasteiger partial charge < -0.3 is 4.90 Å². The highest BCUT2D eigenvalue weighted by atomic mass is 32.2. The molecule has 0 fully saturated rings. The number of aliphatic imine (C=N–C) groups is 1. The smallest absolute Gasteiger partial charge is 0.163 e. The van der Waals surface area contributed by atoms with Gasteiger partial charge >= 0.3 is 0 Å². The maximum atomic E-state index is 11.5. The van der Waals surface area contributed by atoms with Gasteiger partial charge in [0.2, 0.25) is 0 Å². The Hall–Kier alpha value is -1.29. The lowest BCUT2D eigenvalue weighted by Gasteiger charge is -2.21. The average molecular weight is 234 g/mol. The Balaban J connectivity index is 2.40. The Morgan fingerprint density at radius 2 is 2.19 bits per heavy atom. The lowest BCUT2D eigenvalue weighted by atomic mass is 10.1. The molecule has 0 radical (unpaired) electrons. The normalized spacial score (nSPS) is 15.1. The van der Waals surface area contributed by atoms with Crippen molar-refractivity contribution in [3.05, 3.63) is 29.8 Å². The van der Waals surface area contributed by atoms with Crippen molar-refractivity contribution in [3.8, 4) is 0 Å². The van der Waals surface area contributed by atoms with Gasteiger partial charge in [-0.1, -0.05) is 23.9 Å². The molecule has 0 aliphatic carbocycles. The monoisotopic (exact) mass is 234 g/mol. The molecule has 0 spiro atoms. The fraction of sp³-hybridized carbons (Fsp3) is 0.333. The van der Waals surface area contributed by atoms with E-state index in [2.05, 4.69) is 9.89 Å². The number of carbonyl (C=O) groups excluding carboxylic acids is 1. The largest absolute Gasteiger partial charge is 0.319 e. The number of Topliss-reactive ketones (excluding diaryl/α,β-unsaturated/α-hetero) is 1. The van der Waals surface area contributed by atoms with Crippen LogP contribution in [0.2, 0.25) is 0 Å². The molecule has 0 aromatic heterocycles. The zero-order chi connectivity index (χ0) is 11.5. The fourth-order valence-electron chi connectivity index (χ4n) is 1.83. The van der Waals surface area contributed by atoms with Crippen LogP contribution in [0, 0.1) is 0 Å². The minimum absolute atomic E-state index is 0.1000. The molecule has 0 N–H and O–H groups in total. The molecule has 0 bridgehead atoms. The fourth-order valence-corrected chi connectivity index (χ4v) is 2.46. The van der Waals surface area contributed by atoms with Crippen LogP contribution in [0.25, 0.3) is 0 Å². The lowest BCUT2D eigenvalue weighted by molar-refractivity contribution is 0.101. The number of amidine groups is 1. The molecule has 1 aromatic carbocycles. The van der Waals surface area contributed by atoms with E-state index in [-0.39, 0.29) is 5.78 Å². The van der Waals surface area contributed by atoms with Crippen molar-refractivity contribution in [1.82, 2.24) is 0 Å². The maximum absolute atomic E-state index is 11.5. The minimum atomic E-state index is 0.1000. The van der Waals surface area contributed by atoms with Crippen LogP contribution in [0.3, 0.4) is 0 Å². The lowest BCUT2D eigenvalue weighted by Crippen LogP contribution is -2.26. The van der Waals surface area contributed by atoms with E-state index in [1.165, 1.54) is 0 Å².